The number of hydrogen-bond donors (Lipinski definition) is 1. The van der Waals surface area contributed by atoms with Crippen LogP contribution in [0.1, 0.15) is 24.0 Å². The van der Waals surface area contributed by atoms with Gasteiger partial charge in [-0.1, -0.05) is 48.9 Å². The highest BCUT2D eigenvalue weighted by Crippen LogP contribution is 2.38. The molecular weight excluding hydrogens is 298 g/mol. The third-order valence-electron chi connectivity index (χ3n) is 3.80. The first kappa shape index (κ1) is 15.2. The van der Waals surface area contributed by atoms with Gasteiger partial charge in [0.25, 0.3) is 0 Å². The molecule has 1 aliphatic rings. The van der Waals surface area contributed by atoms with Gasteiger partial charge in [-0.3, -0.25) is 0 Å². The summed E-state index contributed by atoms with van der Waals surface area (Å²) >= 11 is 6.25. The fourth-order valence-corrected chi connectivity index (χ4v) is 2.89. The summed E-state index contributed by atoms with van der Waals surface area (Å²) in [4.78, 5) is 0. The molecule has 2 aromatic carbocycles. The smallest absolute Gasteiger partial charge is 0.179 e. The minimum Gasteiger partial charge on any atom is -0.486 e. The number of ether oxygens (including phenoxy) is 2. The summed E-state index contributed by atoms with van der Waals surface area (Å²) in [7, 11) is 0. The Kier molecular flexibility index (Phi) is 4.86. The van der Waals surface area contributed by atoms with Crippen LogP contribution in [0.2, 0.25) is 5.02 Å². The Hall–Kier alpha value is -1.71. The first-order chi connectivity index (χ1) is 10.7. The van der Waals surface area contributed by atoms with Crippen molar-refractivity contribution in [2.75, 3.05) is 19.8 Å². The second-order valence-electron chi connectivity index (χ2n) is 5.54. The Bertz CT molecular complexity index is 630. The van der Waals surface area contributed by atoms with E-state index in [0.717, 1.165) is 24.4 Å². The molecule has 1 atom stereocenters. The maximum Gasteiger partial charge on any atom is 0.179 e. The Morgan fingerprint density at radius 2 is 1.91 bits per heavy atom. The predicted molar refractivity (Wildman–Crippen MR) is 89.0 cm³/mol. The predicted octanol–water partition coefficient (Wildman–Crippen LogP) is 4.00. The molecule has 22 heavy (non-hydrogen) atoms. The Labute approximate surface area is 136 Å². The average Bonchev–Trinajstić information content (AvgIpc) is 2.56. The summed E-state index contributed by atoms with van der Waals surface area (Å²) in [5.74, 6) is 1.87. The molecule has 0 saturated heterocycles. The molecule has 116 valence electrons. The standard InChI is InChI=1S/C18H20ClNO2/c1-13(15-5-3-2-4-6-15)11-20-12-14-9-16(19)18-17(10-14)21-7-8-22-18/h2-6,9-10,13,20H,7-8,11-12H2,1H3. The van der Waals surface area contributed by atoms with Crippen molar-refractivity contribution in [3.05, 3.63) is 58.6 Å². The minimum absolute atomic E-state index is 0.467. The lowest BCUT2D eigenvalue weighted by molar-refractivity contribution is 0.171. The van der Waals surface area contributed by atoms with E-state index in [9.17, 15) is 0 Å². The summed E-state index contributed by atoms with van der Waals surface area (Å²) in [5, 5.41) is 4.09. The van der Waals surface area contributed by atoms with Crippen LogP contribution in [0.3, 0.4) is 0 Å². The van der Waals surface area contributed by atoms with Gasteiger partial charge in [-0.2, -0.15) is 0 Å². The highest BCUT2D eigenvalue weighted by Gasteiger charge is 2.16. The van der Waals surface area contributed by atoms with Crippen LogP contribution in [0, 0.1) is 0 Å². The van der Waals surface area contributed by atoms with Gasteiger partial charge < -0.3 is 14.8 Å². The lowest BCUT2D eigenvalue weighted by atomic mass is 10.0. The molecule has 3 nitrogen and oxygen atoms in total. The second kappa shape index (κ2) is 7.03. The van der Waals surface area contributed by atoms with Gasteiger partial charge in [0.05, 0.1) is 5.02 Å². The highest BCUT2D eigenvalue weighted by atomic mass is 35.5. The Morgan fingerprint density at radius 3 is 2.73 bits per heavy atom. The topological polar surface area (TPSA) is 30.5 Å². The maximum atomic E-state index is 6.25. The van der Waals surface area contributed by atoms with E-state index in [1.165, 1.54) is 5.56 Å². The summed E-state index contributed by atoms with van der Waals surface area (Å²) in [6.07, 6.45) is 0. The van der Waals surface area contributed by atoms with Crippen LogP contribution in [0.4, 0.5) is 0 Å². The molecule has 0 fully saturated rings. The van der Waals surface area contributed by atoms with E-state index in [1.807, 2.05) is 18.2 Å². The van der Waals surface area contributed by atoms with Crippen molar-refractivity contribution in [3.8, 4) is 11.5 Å². The number of hydrogen-bond acceptors (Lipinski definition) is 3. The van der Waals surface area contributed by atoms with Crippen molar-refractivity contribution >= 4 is 11.6 Å². The van der Waals surface area contributed by atoms with Crippen molar-refractivity contribution in [2.24, 2.45) is 0 Å². The number of nitrogens with one attached hydrogen (secondary N) is 1. The van der Waals surface area contributed by atoms with E-state index in [2.05, 4.69) is 36.5 Å². The number of halogens is 1. The maximum absolute atomic E-state index is 6.25. The lowest BCUT2D eigenvalue weighted by Gasteiger charge is -2.20. The molecule has 1 N–H and O–H groups in total. The van der Waals surface area contributed by atoms with Gasteiger partial charge in [0, 0.05) is 13.1 Å². The molecule has 4 heteroatoms. The molecule has 1 heterocycles. The molecule has 0 spiro atoms. The normalized spacial score (nSPS) is 14.6. The number of benzene rings is 2. The molecular formula is C18H20ClNO2. The van der Waals surface area contributed by atoms with E-state index in [-0.39, 0.29) is 0 Å². The summed E-state index contributed by atoms with van der Waals surface area (Å²) in [6.45, 7) is 5.02. The SMILES string of the molecule is CC(CNCc1cc(Cl)c2c(c1)OCCO2)c1ccccc1. The minimum atomic E-state index is 0.467. The Morgan fingerprint density at radius 1 is 1.14 bits per heavy atom. The first-order valence-electron chi connectivity index (χ1n) is 7.57. The van der Waals surface area contributed by atoms with Crippen LogP contribution in [-0.4, -0.2) is 19.8 Å². The van der Waals surface area contributed by atoms with Crippen molar-refractivity contribution < 1.29 is 9.47 Å². The molecule has 1 aliphatic heterocycles. The van der Waals surface area contributed by atoms with Gasteiger partial charge in [-0.25, -0.2) is 0 Å². The molecule has 1 unspecified atom stereocenters. The molecule has 0 saturated carbocycles. The van der Waals surface area contributed by atoms with Crippen LogP contribution in [0.5, 0.6) is 11.5 Å². The summed E-state index contributed by atoms with van der Waals surface area (Å²) < 4.78 is 11.1. The van der Waals surface area contributed by atoms with Gasteiger partial charge >= 0.3 is 0 Å². The average molecular weight is 318 g/mol. The molecule has 0 aliphatic carbocycles. The van der Waals surface area contributed by atoms with Gasteiger partial charge in [0.15, 0.2) is 11.5 Å². The van der Waals surface area contributed by atoms with Crippen molar-refractivity contribution in [2.45, 2.75) is 19.4 Å². The van der Waals surface area contributed by atoms with E-state index in [1.54, 1.807) is 0 Å². The monoisotopic (exact) mass is 317 g/mol. The number of rotatable bonds is 5. The quantitative estimate of drug-likeness (QED) is 0.904. The highest BCUT2D eigenvalue weighted by molar-refractivity contribution is 6.32. The first-order valence-corrected chi connectivity index (χ1v) is 7.95. The van der Waals surface area contributed by atoms with Crippen LogP contribution in [0.25, 0.3) is 0 Å². The second-order valence-corrected chi connectivity index (χ2v) is 5.95. The number of fused-ring (bicyclic) bond motifs is 1. The third-order valence-corrected chi connectivity index (χ3v) is 4.09. The van der Waals surface area contributed by atoms with E-state index in [4.69, 9.17) is 21.1 Å². The van der Waals surface area contributed by atoms with Gasteiger partial charge in [-0.05, 0) is 29.2 Å². The molecule has 0 bridgehead atoms. The molecule has 2 aromatic rings. The fraction of sp³-hybridized carbons (Fsp3) is 0.333. The van der Waals surface area contributed by atoms with Crippen LogP contribution >= 0.6 is 11.6 Å². The molecule has 0 amide bonds. The molecule has 0 aromatic heterocycles. The van der Waals surface area contributed by atoms with E-state index in [0.29, 0.717) is 29.9 Å². The summed E-state index contributed by atoms with van der Waals surface area (Å²) in [6, 6.07) is 14.5. The van der Waals surface area contributed by atoms with Crippen LogP contribution < -0.4 is 14.8 Å². The van der Waals surface area contributed by atoms with Gasteiger partial charge in [-0.15, -0.1) is 0 Å². The zero-order valence-electron chi connectivity index (χ0n) is 12.6. The lowest BCUT2D eigenvalue weighted by Crippen LogP contribution is -2.20. The summed E-state index contributed by atoms with van der Waals surface area (Å²) in [5.41, 5.74) is 2.45. The van der Waals surface area contributed by atoms with Crippen molar-refractivity contribution in [3.63, 3.8) is 0 Å². The zero-order valence-corrected chi connectivity index (χ0v) is 13.4. The van der Waals surface area contributed by atoms with E-state index < -0.39 is 0 Å². The Balaban J connectivity index is 1.59. The molecule has 0 radical (unpaired) electrons. The van der Waals surface area contributed by atoms with Crippen molar-refractivity contribution in [1.29, 1.82) is 0 Å². The van der Waals surface area contributed by atoms with Gasteiger partial charge in [0.1, 0.15) is 13.2 Å². The third kappa shape index (κ3) is 3.54. The largest absolute Gasteiger partial charge is 0.486 e. The van der Waals surface area contributed by atoms with Crippen LogP contribution in [0.15, 0.2) is 42.5 Å². The van der Waals surface area contributed by atoms with E-state index >= 15 is 0 Å². The fourth-order valence-electron chi connectivity index (χ4n) is 2.60. The van der Waals surface area contributed by atoms with Crippen LogP contribution in [-0.2, 0) is 6.54 Å². The molecule has 3 rings (SSSR count). The van der Waals surface area contributed by atoms with Gasteiger partial charge in [0.2, 0.25) is 0 Å². The zero-order chi connectivity index (χ0) is 15.4. The van der Waals surface area contributed by atoms with Crippen molar-refractivity contribution in [1.82, 2.24) is 5.32 Å².